The maximum atomic E-state index is 12.1. The van der Waals surface area contributed by atoms with Crippen LogP contribution in [0.25, 0.3) is 5.57 Å². The monoisotopic (exact) mass is 433 g/mol. The molecule has 1 amide bonds. The summed E-state index contributed by atoms with van der Waals surface area (Å²) in [6, 6.07) is 8.20. The van der Waals surface area contributed by atoms with Crippen LogP contribution in [0, 0.1) is 11.8 Å². The Morgan fingerprint density at radius 1 is 1.30 bits per heavy atom. The van der Waals surface area contributed by atoms with Crippen LogP contribution in [0.3, 0.4) is 0 Å². The topological polar surface area (TPSA) is 89.9 Å². The zero-order chi connectivity index (χ0) is 22.4. The molecule has 1 aromatic carbocycles. The van der Waals surface area contributed by atoms with E-state index in [-0.39, 0.29) is 6.42 Å². The molecule has 0 aromatic heterocycles. The number of hydrogen-bond acceptors (Lipinski definition) is 6. The van der Waals surface area contributed by atoms with E-state index in [4.69, 9.17) is 5.21 Å². The van der Waals surface area contributed by atoms with Crippen molar-refractivity contribution in [2.75, 3.05) is 46.5 Å². The van der Waals surface area contributed by atoms with E-state index >= 15 is 0 Å². The van der Waals surface area contributed by atoms with Gasteiger partial charge in [0.1, 0.15) is 0 Å². The van der Waals surface area contributed by atoms with Crippen LogP contribution in [0.2, 0.25) is 0 Å². The van der Waals surface area contributed by atoms with Crippen molar-refractivity contribution in [3.8, 4) is 11.8 Å². The highest BCUT2D eigenvalue weighted by atomic mass is 32.2. The van der Waals surface area contributed by atoms with Gasteiger partial charge in [0.05, 0.1) is 6.54 Å². The van der Waals surface area contributed by atoms with Gasteiger partial charge < -0.3 is 0 Å². The van der Waals surface area contributed by atoms with Crippen molar-refractivity contribution in [3.63, 3.8) is 0 Å². The third-order valence-electron chi connectivity index (χ3n) is 5.48. The Balaban J connectivity index is 1.98. The maximum Gasteiger partial charge on any atom is 0.264 e. The Hall–Kier alpha value is -2.18. The van der Waals surface area contributed by atoms with Gasteiger partial charge in [0.15, 0.2) is 14.6 Å². The third-order valence-corrected chi connectivity index (χ3v) is 7.51. The largest absolute Gasteiger partial charge is 0.299 e. The molecule has 1 aromatic rings. The van der Waals surface area contributed by atoms with Crippen LogP contribution in [-0.2, 0) is 14.6 Å². The first kappa shape index (κ1) is 24.1. The van der Waals surface area contributed by atoms with E-state index in [9.17, 15) is 13.2 Å². The highest BCUT2D eigenvalue weighted by Gasteiger charge is 2.43. The smallest absolute Gasteiger partial charge is 0.264 e. The molecule has 1 heterocycles. The summed E-state index contributed by atoms with van der Waals surface area (Å²) in [5, 5.41) is 8.93. The van der Waals surface area contributed by atoms with E-state index in [1.54, 1.807) is 0 Å². The van der Waals surface area contributed by atoms with Crippen molar-refractivity contribution in [3.05, 3.63) is 41.5 Å². The molecule has 1 atom stereocenters. The number of amides is 1. The second kappa shape index (κ2) is 10.2. The van der Waals surface area contributed by atoms with Crippen LogP contribution in [0.1, 0.15) is 30.9 Å². The molecule has 0 saturated carbocycles. The molecule has 7 nitrogen and oxygen atoms in total. The van der Waals surface area contributed by atoms with Crippen molar-refractivity contribution >= 4 is 21.3 Å². The molecule has 0 spiro atoms. The lowest BCUT2D eigenvalue weighted by Crippen LogP contribution is -2.51. The van der Waals surface area contributed by atoms with Crippen LogP contribution in [-0.4, -0.2) is 80.6 Å². The second-order valence-electron chi connectivity index (χ2n) is 8.09. The fraction of sp³-hybridized carbons (Fsp3) is 0.500. The Kier molecular flexibility index (Phi) is 8.21. The van der Waals surface area contributed by atoms with Gasteiger partial charge in [-0.15, -0.1) is 0 Å². The molecule has 0 radical (unpaired) electrons. The molecular weight excluding hydrogens is 402 g/mol. The Labute approximate surface area is 179 Å². The number of sulfone groups is 1. The highest BCUT2D eigenvalue weighted by molar-refractivity contribution is 7.92. The van der Waals surface area contributed by atoms with Crippen molar-refractivity contribution in [1.82, 2.24) is 15.3 Å². The Bertz CT molecular complexity index is 943. The summed E-state index contributed by atoms with van der Waals surface area (Å²) in [5.41, 5.74) is 4.89. The number of benzene rings is 1. The van der Waals surface area contributed by atoms with E-state index in [1.165, 1.54) is 18.0 Å². The van der Waals surface area contributed by atoms with E-state index < -0.39 is 20.5 Å². The van der Waals surface area contributed by atoms with Crippen molar-refractivity contribution in [1.29, 1.82) is 0 Å². The molecule has 2 N–H and O–H groups in total. The zero-order valence-corrected chi connectivity index (χ0v) is 18.9. The lowest BCUT2D eigenvalue weighted by atomic mass is 9.98. The predicted molar refractivity (Wildman–Crippen MR) is 119 cm³/mol. The maximum absolute atomic E-state index is 12.1. The predicted octanol–water partition coefficient (Wildman–Crippen LogP) is 1.39. The summed E-state index contributed by atoms with van der Waals surface area (Å²) in [6.45, 7) is 3.97. The molecule has 1 aliphatic heterocycles. The minimum Gasteiger partial charge on any atom is -0.299 e. The van der Waals surface area contributed by atoms with Gasteiger partial charge in [-0.25, -0.2) is 13.9 Å². The van der Waals surface area contributed by atoms with Gasteiger partial charge >= 0.3 is 0 Å². The third kappa shape index (κ3) is 6.16. The molecule has 1 aliphatic rings. The van der Waals surface area contributed by atoms with Gasteiger partial charge in [-0.1, -0.05) is 30.0 Å². The average molecular weight is 434 g/mol. The van der Waals surface area contributed by atoms with Gasteiger partial charge in [-0.3, -0.25) is 19.8 Å². The molecule has 164 valence electrons. The fourth-order valence-corrected chi connectivity index (χ4v) is 4.05. The summed E-state index contributed by atoms with van der Waals surface area (Å²) >= 11 is 0. The van der Waals surface area contributed by atoms with Crippen molar-refractivity contribution < 1.29 is 18.4 Å². The number of nitrogens with one attached hydrogen (secondary N) is 1. The number of hydroxylamine groups is 1. The molecule has 0 saturated heterocycles. The lowest BCUT2D eigenvalue weighted by molar-refractivity contribution is -0.131. The van der Waals surface area contributed by atoms with E-state index in [1.807, 2.05) is 31.1 Å². The van der Waals surface area contributed by atoms with Gasteiger partial charge in [-0.2, -0.15) is 0 Å². The van der Waals surface area contributed by atoms with E-state index in [0.29, 0.717) is 13.1 Å². The molecule has 8 heteroatoms. The highest BCUT2D eigenvalue weighted by Crippen LogP contribution is 2.25. The Morgan fingerprint density at radius 3 is 2.47 bits per heavy atom. The first-order valence-corrected chi connectivity index (χ1v) is 11.8. The fourth-order valence-electron chi connectivity index (χ4n) is 3.20. The number of carbonyl (C=O) groups excluding carboxylic acids is 1. The molecule has 30 heavy (non-hydrogen) atoms. The summed E-state index contributed by atoms with van der Waals surface area (Å²) in [6.07, 6.45) is 4.11. The van der Waals surface area contributed by atoms with Crippen LogP contribution < -0.4 is 5.48 Å². The van der Waals surface area contributed by atoms with Crippen LogP contribution >= 0.6 is 0 Å². The molecule has 2 rings (SSSR count). The Morgan fingerprint density at radius 2 is 1.97 bits per heavy atom. The summed E-state index contributed by atoms with van der Waals surface area (Å²) in [4.78, 5) is 16.1. The van der Waals surface area contributed by atoms with Gasteiger partial charge in [0, 0.05) is 31.5 Å². The van der Waals surface area contributed by atoms with Crippen LogP contribution in [0.5, 0.6) is 0 Å². The molecular formula is C22H31N3O4S. The molecule has 0 bridgehead atoms. The van der Waals surface area contributed by atoms with Gasteiger partial charge in [-0.05, 0) is 57.1 Å². The van der Waals surface area contributed by atoms with E-state index in [0.717, 1.165) is 36.9 Å². The number of hydrogen-bond donors (Lipinski definition) is 2. The number of rotatable bonds is 7. The number of carbonyl (C=O) groups is 1. The lowest BCUT2D eigenvalue weighted by Gasteiger charge is -2.31. The number of nitrogens with zero attached hydrogens (tertiary/aromatic N) is 2. The zero-order valence-electron chi connectivity index (χ0n) is 18.1. The minimum atomic E-state index is -3.67. The van der Waals surface area contributed by atoms with Crippen LogP contribution in [0.15, 0.2) is 30.3 Å². The van der Waals surface area contributed by atoms with Crippen molar-refractivity contribution in [2.45, 2.75) is 24.5 Å². The SMILES string of the molecule is CN(C)CC#Cc1ccc(C2=CCN(CCC(C)(C(=O)NO)S(C)(=O)=O)CC2)cc1. The summed E-state index contributed by atoms with van der Waals surface area (Å²) in [7, 11) is 0.298. The first-order valence-electron chi connectivity index (χ1n) is 9.86. The standard InChI is InChI=1S/C22H31N3O4S/c1-22(21(26)23-27,30(4,28)29)13-17-25-15-11-20(12-16-25)19-9-7-18(8-10-19)6-5-14-24(2)3/h7-11,27H,12-17H2,1-4H3,(H,23,26). The summed E-state index contributed by atoms with van der Waals surface area (Å²) < 4.78 is 22.5. The first-order chi connectivity index (χ1) is 14.1. The molecule has 1 unspecified atom stereocenters. The van der Waals surface area contributed by atoms with Gasteiger partial charge in [0.25, 0.3) is 5.91 Å². The molecule has 0 fully saturated rings. The second-order valence-corrected chi connectivity index (χ2v) is 10.5. The average Bonchev–Trinajstić information content (AvgIpc) is 2.71. The van der Waals surface area contributed by atoms with Gasteiger partial charge in [0.2, 0.25) is 0 Å². The quantitative estimate of drug-likeness (QED) is 0.384. The van der Waals surface area contributed by atoms with Crippen molar-refractivity contribution in [2.24, 2.45) is 0 Å². The molecule has 0 aliphatic carbocycles. The summed E-state index contributed by atoms with van der Waals surface area (Å²) in [5.74, 6) is 5.38. The van der Waals surface area contributed by atoms with Crippen LogP contribution in [0.4, 0.5) is 0 Å². The minimum absolute atomic E-state index is 0.113. The van der Waals surface area contributed by atoms with E-state index in [2.05, 4.69) is 34.9 Å². The normalized spacial score (nSPS) is 16.9.